The topological polar surface area (TPSA) is 59.9 Å². The molecule has 1 aromatic heterocycles. The molecule has 2 aromatic rings. The molecular formula is C22H30N4O2. The number of piperidine rings is 1. The van der Waals surface area contributed by atoms with E-state index >= 15 is 0 Å². The van der Waals surface area contributed by atoms with Gasteiger partial charge in [-0.1, -0.05) is 11.6 Å². The zero-order valence-corrected chi connectivity index (χ0v) is 16.9. The van der Waals surface area contributed by atoms with E-state index in [0.29, 0.717) is 19.6 Å². The van der Waals surface area contributed by atoms with Gasteiger partial charge in [-0.2, -0.15) is 0 Å². The number of aliphatic hydroxyl groups is 1. The number of piperazine rings is 1. The third-order valence-corrected chi connectivity index (χ3v) is 5.90. The summed E-state index contributed by atoms with van der Waals surface area (Å²) in [5.74, 6) is 1.16. The van der Waals surface area contributed by atoms with Gasteiger partial charge in [0.1, 0.15) is 5.82 Å². The van der Waals surface area contributed by atoms with Gasteiger partial charge in [-0.05, 0) is 44.9 Å². The molecule has 0 spiro atoms. The van der Waals surface area contributed by atoms with Crippen LogP contribution in [0.1, 0.15) is 30.9 Å². The molecule has 0 saturated carbocycles. The Morgan fingerprint density at radius 2 is 2.07 bits per heavy atom. The Bertz CT molecular complexity index is 869. The summed E-state index contributed by atoms with van der Waals surface area (Å²) in [4.78, 5) is 23.7. The van der Waals surface area contributed by atoms with E-state index in [1.807, 2.05) is 11.8 Å². The molecular weight excluding hydrogens is 352 g/mol. The lowest BCUT2D eigenvalue weighted by Crippen LogP contribution is -2.49. The van der Waals surface area contributed by atoms with E-state index in [4.69, 9.17) is 4.98 Å². The number of β-amino-alcohol motifs (C(OH)–C–C–N with tert-alkyl or cyclic N) is 1. The van der Waals surface area contributed by atoms with Crippen LogP contribution in [-0.2, 0) is 11.3 Å². The molecule has 150 valence electrons. The van der Waals surface area contributed by atoms with Gasteiger partial charge in [0.15, 0.2) is 0 Å². The van der Waals surface area contributed by atoms with Gasteiger partial charge < -0.3 is 14.9 Å². The fourth-order valence-corrected chi connectivity index (χ4v) is 4.33. The van der Waals surface area contributed by atoms with E-state index in [0.717, 1.165) is 61.3 Å². The number of hydrogen-bond donors (Lipinski definition) is 1. The molecule has 0 radical (unpaired) electrons. The average molecular weight is 383 g/mol. The van der Waals surface area contributed by atoms with Crippen LogP contribution in [0.25, 0.3) is 10.9 Å². The number of carbonyl (C=O) groups excluding carboxylic acids is 1. The van der Waals surface area contributed by atoms with Crippen LogP contribution in [-0.4, -0.2) is 71.2 Å². The zero-order valence-electron chi connectivity index (χ0n) is 16.9. The van der Waals surface area contributed by atoms with Gasteiger partial charge in [-0.25, -0.2) is 4.98 Å². The Hall–Kier alpha value is -2.18. The quantitative estimate of drug-likeness (QED) is 0.878. The van der Waals surface area contributed by atoms with Gasteiger partial charge in [0.05, 0.1) is 18.2 Å². The highest BCUT2D eigenvalue weighted by molar-refractivity contribution is 5.83. The van der Waals surface area contributed by atoms with E-state index in [2.05, 4.69) is 41.0 Å². The smallest absolute Gasteiger partial charge is 0.236 e. The fourth-order valence-electron chi connectivity index (χ4n) is 4.33. The average Bonchev–Trinajstić information content (AvgIpc) is 2.67. The minimum atomic E-state index is -0.299. The van der Waals surface area contributed by atoms with Crippen molar-refractivity contribution in [3.05, 3.63) is 35.4 Å². The highest BCUT2D eigenvalue weighted by Gasteiger charge is 2.26. The Kier molecular flexibility index (Phi) is 5.51. The first-order chi connectivity index (χ1) is 13.5. The van der Waals surface area contributed by atoms with Crippen molar-refractivity contribution in [1.29, 1.82) is 0 Å². The molecule has 2 fully saturated rings. The maximum Gasteiger partial charge on any atom is 0.236 e. The molecule has 3 heterocycles. The summed E-state index contributed by atoms with van der Waals surface area (Å²) in [5, 5.41) is 11.3. The summed E-state index contributed by atoms with van der Waals surface area (Å²) in [6.07, 6.45) is 1.53. The number of amides is 1. The number of benzene rings is 1. The van der Waals surface area contributed by atoms with E-state index in [1.165, 1.54) is 5.56 Å². The van der Waals surface area contributed by atoms with Crippen molar-refractivity contribution in [3.63, 3.8) is 0 Å². The van der Waals surface area contributed by atoms with Crippen LogP contribution in [0.4, 0.5) is 5.82 Å². The second-order valence-corrected chi connectivity index (χ2v) is 8.09. The molecule has 1 amide bonds. The first kappa shape index (κ1) is 19.2. The molecule has 0 unspecified atom stereocenters. The van der Waals surface area contributed by atoms with Gasteiger partial charge in [0.2, 0.25) is 5.91 Å². The number of anilines is 1. The lowest BCUT2D eigenvalue weighted by Gasteiger charge is -2.36. The largest absolute Gasteiger partial charge is 0.391 e. The van der Waals surface area contributed by atoms with Crippen LogP contribution in [0.15, 0.2) is 24.3 Å². The van der Waals surface area contributed by atoms with Crippen molar-refractivity contribution in [1.82, 2.24) is 14.8 Å². The number of aromatic nitrogens is 1. The van der Waals surface area contributed by atoms with E-state index < -0.39 is 0 Å². The third kappa shape index (κ3) is 3.98. The predicted molar refractivity (Wildman–Crippen MR) is 111 cm³/mol. The van der Waals surface area contributed by atoms with E-state index in [-0.39, 0.29) is 12.0 Å². The minimum absolute atomic E-state index is 0.202. The Balaban J connectivity index is 1.66. The molecule has 1 atom stereocenters. The molecule has 2 aliphatic rings. The van der Waals surface area contributed by atoms with Crippen LogP contribution in [0.5, 0.6) is 0 Å². The van der Waals surface area contributed by atoms with Crippen LogP contribution >= 0.6 is 0 Å². The molecule has 2 aliphatic heterocycles. The number of hydrogen-bond acceptors (Lipinski definition) is 5. The molecule has 6 nitrogen and oxygen atoms in total. The van der Waals surface area contributed by atoms with Gasteiger partial charge in [-0.3, -0.25) is 9.69 Å². The molecule has 1 N–H and O–H groups in total. The normalized spacial score (nSPS) is 21.5. The molecule has 1 aromatic carbocycles. The minimum Gasteiger partial charge on any atom is -0.391 e. The van der Waals surface area contributed by atoms with Gasteiger partial charge in [-0.15, -0.1) is 0 Å². The second kappa shape index (κ2) is 8.05. The number of pyridine rings is 1. The van der Waals surface area contributed by atoms with Crippen LogP contribution in [0, 0.1) is 6.92 Å². The van der Waals surface area contributed by atoms with Crippen molar-refractivity contribution in [3.8, 4) is 0 Å². The van der Waals surface area contributed by atoms with Crippen LogP contribution in [0.3, 0.4) is 0 Å². The maximum atomic E-state index is 12.3. The highest BCUT2D eigenvalue weighted by atomic mass is 16.3. The summed E-state index contributed by atoms with van der Waals surface area (Å²) in [7, 11) is 0. The van der Waals surface area contributed by atoms with Crippen molar-refractivity contribution in [2.24, 2.45) is 0 Å². The maximum absolute atomic E-state index is 12.3. The molecule has 28 heavy (non-hydrogen) atoms. The molecule has 6 heteroatoms. The predicted octanol–water partition coefficient (Wildman–Crippen LogP) is 2.17. The van der Waals surface area contributed by atoms with E-state index in [9.17, 15) is 9.90 Å². The Morgan fingerprint density at radius 3 is 2.82 bits per heavy atom. The van der Waals surface area contributed by atoms with Crippen molar-refractivity contribution < 1.29 is 9.90 Å². The molecule has 0 bridgehead atoms. The summed E-state index contributed by atoms with van der Waals surface area (Å²) < 4.78 is 0. The molecule has 0 aliphatic carbocycles. The lowest BCUT2D eigenvalue weighted by atomic mass is 10.0. The van der Waals surface area contributed by atoms with Crippen molar-refractivity contribution >= 4 is 22.6 Å². The Morgan fingerprint density at radius 1 is 1.21 bits per heavy atom. The van der Waals surface area contributed by atoms with Gasteiger partial charge in [0.25, 0.3) is 0 Å². The van der Waals surface area contributed by atoms with Crippen LogP contribution < -0.4 is 4.90 Å². The number of likely N-dealkylation sites (N-methyl/N-ethyl adjacent to an activating group) is 1. The first-order valence-corrected chi connectivity index (χ1v) is 10.4. The number of aryl methyl sites for hydroxylation is 1. The SMILES string of the molecule is CCN1CCN(Cc2cc3cc(C)ccc3nc2N2CCC[C@H](O)C2)CC1=O. The summed E-state index contributed by atoms with van der Waals surface area (Å²) in [6.45, 7) is 9.28. The number of carbonyl (C=O) groups is 1. The van der Waals surface area contributed by atoms with Crippen LogP contribution in [0.2, 0.25) is 0 Å². The molecule has 4 rings (SSSR count). The van der Waals surface area contributed by atoms with E-state index in [1.54, 1.807) is 0 Å². The van der Waals surface area contributed by atoms with Gasteiger partial charge in [0, 0.05) is 50.2 Å². The number of rotatable bonds is 4. The zero-order chi connectivity index (χ0) is 19.7. The third-order valence-electron chi connectivity index (χ3n) is 5.90. The standard InChI is InChI=1S/C22H30N4O2/c1-3-25-10-9-24(15-21(25)28)13-18-12-17-11-16(2)6-7-20(17)23-22(18)26-8-4-5-19(27)14-26/h6-7,11-12,19,27H,3-5,8-10,13-15H2,1-2H3/t19-/m0/s1. The highest BCUT2D eigenvalue weighted by Crippen LogP contribution is 2.28. The Labute approximate surface area is 166 Å². The lowest BCUT2D eigenvalue weighted by molar-refractivity contribution is -0.135. The van der Waals surface area contributed by atoms with Gasteiger partial charge >= 0.3 is 0 Å². The number of aliphatic hydroxyl groups excluding tert-OH is 1. The molecule has 2 saturated heterocycles. The number of fused-ring (bicyclic) bond motifs is 1. The number of nitrogens with zero attached hydrogens (tertiary/aromatic N) is 4. The fraction of sp³-hybridized carbons (Fsp3) is 0.545. The monoisotopic (exact) mass is 382 g/mol. The summed E-state index contributed by atoms with van der Waals surface area (Å²) in [5.41, 5.74) is 3.34. The van der Waals surface area contributed by atoms with Crippen molar-refractivity contribution in [2.75, 3.05) is 44.2 Å². The first-order valence-electron chi connectivity index (χ1n) is 10.4. The van der Waals surface area contributed by atoms with Crippen molar-refractivity contribution in [2.45, 2.75) is 39.3 Å². The summed E-state index contributed by atoms with van der Waals surface area (Å²) >= 11 is 0. The summed E-state index contributed by atoms with van der Waals surface area (Å²) in [6, 6.07) is 8.55. The second-order valence-electron chi connectivity index (χ2n) is 8.09.